The van der Waals surface area contributed by atoms with Gasteiger partial charge in [0.25, 0.3) is 0 Å². The second-order valence-electron chi connectivity index (χ2n) is 4.44. The van der Waals surface area contributed by atoms with Crippen LogP contribution in [0.5, 0.6) is 0 Å². The number of aromatic nitrogens is 1. The van der Waals surface area contributed by atoms with Crippen LogP contribution in [0.25, 0.3) is 21.8 Å². The van der Waals surface area contributed by atoms with E-state index in [1.54, 1.807) is 0 Å². The van der Waals surface area contributed by atoms with E-state index >= 15 is 0 Å². The molecule has 0 atom stereocenters. The van der Waals surface area contributed by atoms with E-state index in [4.69, 9.17) is 11.6 Å². The van der Waals surface area contributed by atoms with Gasteiger partial charge < -0.3 is 0 Å². The van der Waals surface area contributed by atoms with Crippen molar-refractivity contribution < 1.29 is 26.3 Å². The molecule has 0 N–H and O–H groups in total. The van der Waals surface area contributed by atoms with Gasteiger partial charge in [-0.15, -0.1) is 0 Å². The molecule has 0 amide bonds. The van der Waals surface area contributed by atoms with Crippen molar-refractivity contribution in [3.8, 4) is 0 Å². The quantitative estimate of drug-likeness (QED) is 0.327. The predicted molar refractivity (Wildman–Crippen MR) is 83.2 cm³/mol. The zero-order valence-corrected chi connectivity index (χ0v) is 15.2. The van der Waals surface area contributed by atoms with Gasteiger partial charge in [-0.1, -0.05) is 0 Å². The third kappa shape index (κ3) is 2.27. The van der Waals surface area contributed by atoms with E-state index in [1.165, 1.54) is 11.0 Å². The fourth-order valence-corrected chi connectivity index (χ4v) is 5.20. The van der Waals surface area contributed by atoms with Gasteiger partial charge in [0.1, 0.15) is 0 Å². The molecule has 0 unspecified atom stereocenters. The Hall–Kier alpha value is -0.590. The van der Waals surface area contributed by atoms with Crippen molar-refractivity contribution >= 4 is 55.6 Å². The average Bonchev–Trinajstić information content (AvgIpc) is 2.72. The Kier molecular flexibility index (Phi) is 4.06. The van der Waals surface area contributed by atoms with Crippen LogP contribution < -0.4 is 21.5 Å². The Morgan fingerprint density at radius 1 is 1.30 bits per heavy atom. The van der Waals surface area contributed by atoms with Crippen molar-refractivity contribution in [2.45, 2.75) is 6.42 Å². The van der Waals surface area contributed by atoms with Gasteiger partial charge in [-0.2, -0.15) is 0 Å². The minimum absolute atomic E-state index is 0.163. The van der Waals surface area contributed by atoms with Gasteiger partial charge in [0.15, 0.2) is 0 Å². The first kappa shape index (κ1) is 14.4. The summed E-state index contributed by atoms with van der Waals surface area (Å²) in [5.74, 6) is 0. The molecular formula is C15H11BrClINO-. The molecule has 2 nitrogen and oxygen atoms in total. The molecule has 0 spiro atoms. The molecule has 3 rings (SSSR count). The van der Waals surface area contributed by atoms with Crippen LogP contribution in [-0.2, 0) is 11.2 Å². The standard InChI is InChI=1S/C15H11BrClINO/c1-18-19-14-3-2-11(17)8-12(14)13-7-10(16)6-9(4-5-20)15(13)19/h2-3,5-8H,4H2,1H3/q-1. The van der Waals surface area contributed by atoms with Crippen LogP contribution in [0.1, 0.15) is 5.56 Å². The minimum atomic E-state index is -0.163. The Bertz CT molecular complexity index is 828. The monoisotopic (exact) mass is 462 g/mol. The van der Waals surface area contributed by atoms with E-state index in [2.05, 4.69) is 35.8 Å². The van der Waals surface area contributed by atoms with Gasteiger partial charge in [0.2, 0.25) is 0 Å². The summed E-state index contributed by atoms with van der Waals surface area (Å²) in [6.07, 6.45) is 1.40. The number of benzene rings is 2. The molecule has 0 saturated carbocycles. The fraction of sp³-hybridized carbons (Fsp3) is 0.133. The zero-order chi connectivity index (χ0) is 14.3. The number of nitrogens with zero attached hydrogens (tertiary/aromatic N) is 1. The number of aldehydes is 1. The van der Waals surface area contributed by atoms with Gasteiger partial charge in [0.05, 0.1) is 0 Å². The maximum absolute atomic E-state index is 11.0. The molecule has 2 aromatic carbocycles. The summed E-state index contributed by atoms with van der Waals surface area (Å²) in [6.45, 7) is 0. The Labute approximate surface area is 140 Å². The van der Waals surface area contributed by atoms with Gasteiger partial charge in [-0.05, 0) is 0 Å². The van der Waals surface area contributed by atoms with Gasteiger partial charge >= 0.3 is 141 Å². The number of carbonyl (C=O) groups excluding carboxylic acids is 1. The third-order valence-corrected chi connectivity index (χ3v) is 5.94. The van der Waals surface area contributed by atoms with Gasteiger partial charge in [-0.3, -0.25) is 0 Å². The summed E-state index contributed by atoms with van der Waals surface area (Å²) in [7, 11) is 0. The topological polar surface area (TPSA) is 22.0 Å². The second-order valence-corrected chi connectivity index (χ2v) is 7.73. The van der Waals surface area contributed by atoms with Crippen molar-refractivity contribution in [2.75, 3.05) is 4.93 Å². The van der Waals surface area contributed by atoms with Crippen molar-refractivity contribution in [1.29, 1.82) is 0 Å². The Balaban J connectivity index is 2.54. The number of fused-ring (bicyclic) bond motifs is 3. The molecule has 20 heavy (non-hydrogen) atoms. The number of alkyl halides is 1. The van der Waals surface area contributed by atoms with Crippen LogP contribution in [0.3, 0.4) is 0 Å². The van der Waals surface area contributed by atoms with E-state index in [9.17, 15) is 4.79 Å². The van der Waals surface area contributed by atoms with Gasteiger partial charge in [-0.25, -0.2) is 0 Å². The van der Waals surface area contributed by atoms with Crippen LogP contribution in [0.4, 0.5) is 0 Å². The molecule has 0 aliphatic heterocycles. The number of rotatable bonds is 3. The molecule has 1 heterocycles. The van der Waals surface area contributed by atoms with E-state index in [0.29, 0.717) is 6.42 Å². The van der Waals surface area contributed by atoms with Crippen LogP contribution >= 0.6 is 27.5 Å². The number of hydrogen-bond donors (Lipinski definition) is 0. The van der Waals surface area contributed by atoms with Crippen molar-refractivity contribution in [3.05, 3.63) is 45.4 Å². The third-order valence-electron chi connectivity index (χ3n) is 3.28. The number of halogens is 3. The maximum atomic E-state index is 11.0. The van der Waals surface area contributed by atoms with Gasteiger partial charge in [0, 0.05) is 0 Å². The van der Waals surface area contributed by atoms with Crippen LogP contribution in [0.15, 0.2) is 34.8 Å². The van der Waals surface area contributed by atoms with Crippen molar-refractivity contribution in [2.24, 2.45) is 0 Å². The summed E-state index contributed by atoms with van der Waals surface area (Å²) in [4.78, 5) is 13.2. The molecule has 0 radical (unpaired) electrons. The predicted octanol–water partition coefficient (Wildman–Crippen LogP) is 1.43. The number of carbonyl (C=O) groups is 1. The zero-order valence-electron chi connectivity index (χ0n) is 10.7. The van der Waals surface area contributed by atoms with Crippen LogP contribution in [0, 0.1) is 0 Å². The normalized spacial score (nSPS) is 11.6. The Morgan fingerprint density at radius 3 is 2.80 bits per heavy atom. The molecule has 0 bridgehead atoms. The SMILES string of the molecule is C[I-]n1c2ccc(Cl)cc2c2cc(Br)cc(CC=O)c21. The summed E-state index contributed by atoms with van der Waals surface area (Å²) in [6, 6.07) is 10.1. The van der Waals surface area contributed by atoms with Crippen molar-refractivity contribution in [3.63, 3.8) is 0 Å². The molecule has 3 aromatic rings. The first-order chi connectivity index (χ1) is 9.65. The summed E-state index contributed by atoms with van der Waals surface area (Å²) in [5.41, 5.74) is 3.44. The second kappa shape index (κ2) is 5.66. The summed E-state index contributed by atoms with van der Waals surface area (Å²) in [5, 5.41) is 3.06. The average molecular weight is 464 g/mol. The van der Waals surface area contributed by atoms with E-state index in [0.717, 1.165) is 32.1 Å². The molecule has 104 valence electrons. The molecule has 0 saturated heterocycles. The number of hydrogen-bond acceptors (Lipinski definition) is 1. The first-order valence-corrected chi connectivity index (χ1v) is 10.3. The molecule has 0 aliphatic carbocycles. The molecule has 1 aromatic heterocycles. The molecule has 0 fully saturated rings. The molecule has 5 heteroatoms. The Morgan fingerprint density at radius 2 is 2.10 bits per heavy atom. The molecule has 0 aliphatic rings. The van der Waals surface area contributed by atoms with E-state index < -0.39 is 0 Å². The summed E-state index contributed by atoms with van der Waals surface area (Å²) < 4.78 is 3.35. The fourth-order valence-electron chi connectivity index (χ4n) is 2.53. The summed E-state index contributed by atoms with van der Waals surface area (Å²) >= 11 is 9.52. The molecular weight excluding hydrogens is 452 g/mol. The van der Waals surface area contributed by atoms with Crippen LogP contribution in [0.2, 0.25) is 5.02 Å². The van der Waals surface area contributed by atoms with E-state index in [-0.39, 0.29) is 21.5 Å². The van der Waals surface area contributed by atoms with Crippen LogP contribution in [-0.4, -0.2) is 14.0 Å². The van der Waals surface area contributed by atoms with Crippen molar-refractivity contribution in [1.82, 2.24) is 2.78 Å². The van der Waals surface area contributed by atoms with E-state index in [1.807, 2.05) is 18.2 Å². The first-order valence-electron chi connectivity index (χ1n) is 6.01.